The van der Waals surface area contributed by atoms with E-state index < -0.39 is 0 Å². The van der Waals surface area contributed by atoms with E-state index >= 15 is 0 Å². The first kappa shape index (κ1) is 9.34. The third kappa shape index (κ3) is 9.05. The van der Waals surface area contributed by atoms with Gasteiger partial charge in [-0.2, -0.15) is 0 Å². The molecule has 0 spiro atoms. The Morgan fingerprint density at radius 1 is 1.25 bits per heavy atom. The second-order valence-electron chi connectivity index (χ2n) is 0. The van der Waals surface area contributed by atoms with Crippen LogP contribution in [0, 0.1) is 0 Å². The maximum atomic E-state index is 4.64. The van der Waals surface area contributed by atoms with Gasteiger partial charge in [0, 0.05) is 0 Å². The summed E-state index contributed by atoms with van der Waals surface area (Å²) in [5.74, 6) is 0. The van der Waals surface area contributed by atoms with E-state index in [0.29, 0.717) is 0 Å². The SMILES string of the molecule is [Cl][Ti].[S]=[Ti]. The van der Waals surface area contributed by atoms with Crippen molar-refractivity contribution in [3.8, 4) is 0 Å². The van der Waals surface area contributed by atoms with E-state index in [9.17, 15) is 0 Å². The fourth-order valence-corrected chi connectivity index (χ4v) is 0. The van der Waals surface area contributed by atoms with E-state index in [1.807, 2.05) is 0 Å². The zero-order valence-corrected chi connectivity index (χ0v) is 6.48. The van der Waals surface area contributed by atoms with Crippen LogP contribution >= 0.6 is 19.0 Å². The normalized spacial score (nSPS) is 1.75. The molecule has 0 aromatic rings. The molecule has 0 N–H and O–H groups in total. The van der Waals surface area contributed by atoms with Gasteiger partial charge in [-0.3, -0.25) is 0 Å². The molecule has 4 heavy (non-hydrogen) atoms. The molecular formula is ClSTi2. The van der Waals surface area contributed by atoms with Crippen molar-refractivity contribution in [2.75, 3.05) is 0 Å². The van der Waals surface area contributed by atoms with E-state index in [1.165, 1.54) is 19.4 Å². The van der Waals surface area contributed by atoms with Crippen LogP contribution in [0.1, 0.15) is 0 Å². The Bertz CT molecular complexity index is 6.00. The minimum absolute atomic E-state index is 1.47. The molecule has 0 radical (unpaired) electrons. The van der Waals surface area contributed by atoms with Gasteiger partial charge >= 0.3 is 57.0 Å². The van der Waals surface area contributed by atoms with Crippen molar-refractivity contribution in [1.82, 2.24) is 0 Å². The van der Waals surface area contributed by atoms with E-state index in [-0.39, 0.29) is 0 Å². The van der Waals surface area contributed by atoms with Crippen LogP contribution in [0.25, 0.3) is 0 Å². The predicted octanol–water partition coefficient (Wildman–Crippen LogP) is 1.33. The third-order valence-electron chi connectivity index (χ3n) is 0. The van der Waals surface area contributed by atoms with Crippen LogP contribution in [0.2, 0.25) is 0 Å². The zero-order valence-electron chi connectivity index (χ0n) is 1.79. The molecule has 0 fully saturated rings. The second kappa shape index (κ2) is 20.4. The number of halogens is 1. The van der Waals surface area contributed by atoms with Crippen molar-refractivity contribution < 1.29 is 38.0 Å². The Morgan fingerprint density at radius 2 is 1.25 bits per heavy atom. The van der Waals surface area contributed by atoms with Crippen molar-refractivity contribution in [1.29, 1.82) is 0 Å². The number of rotatable bonds is 0. The first-order valence-electron chi connectivity index (χ1n) is 0.393. The molecule has 0 rings (SSSR count). The van der Waals surface area contributed by atoms with Crippen LogP contribution < -0.4 is 0 Å². The van der Waals surface area contributed by atoms with Gasteiger partial charge in [0.25, 0.3) is 0 Å². The van der Waals surface area contributed by atoms with Crippen molar-refractivity contribution >= 4 is 19.0 Å². The fraction of sp³-hybridized carbons (Fsp3) is 0. The molecule has 0 atom stereocenters. The van der Waals surface area contributed by atoms with Gasteiger partial charge in [-0.1, -0.05) is 0 Å². The van der Waals surface area contributed by atoms with Crippen LogP contribution in [0.15, 0.2) is 0 Å². The molecule has 0 aromatic heterocycles. The molecule has 0 aromatic carbocycles. The van der Waals surface area contributed by atoms with Gasteiger partial charge in [0.05, 0.1) is 0 Å². The topological polar surface area (TPSA) is 0 Å². The zero-order chi connectivity index (χ0) is 4.00. The first-order valence-corrected chi connectivity index (χ1v) is 4.86. The molecule has 0 unspecified atom stereocenters. The Morgan fingerprint density at radius 3 is 1.25 bits per heavy atom. The summed E-state index contributed by atoms with van der Waals surface area (Å²) in [5.41, 5.74) is 0. The first-order chi connectivity index (χ1) is 2.00. The van der Waals surface area contributed by atoms with Crippen LogP contribution in [-0.2, 0) is 38.0 Å². The summed E-state index contributed by atoms with van der Waals surface area (Å²) in [6.45, 7) is 0. The van der Waals surface area contributed by atoms with Gasteiger partial charge < -0.3 is 0 Å². The summed E-state index contributed by atoms with van der Waals surface area (Å²) in [7, 11) is 8.72. The van der Waals surface area contributed by atoms with E-state index in [4.69, 9.17) is 0 Å². The molecule has 0 saturated heterocycles. The molecule has 4 heteroatoms. The number of hydrogen-bond donors (Lipinski definition) is 0. The van der Waals surface area contributed by atoms with Gasteiger partial charge in [-0.05, 0) is 0 Å². The predicted molar refractivity (Wildman–Crippen MR) is 13.4 cm³/mol. The molecule has 0 bridgehead atoms. The molecule has 0 heterocycles. The monoisotopic (exact) mass is 163 g/mol. The maximum absolute atomic E-state index is 4.64. The van der Waals surface area contributed by atoms with E-state index in [0.717, 1.165) is 0 Å². The average molecular weight is 163 g/mol. The van der Waals surface area contributed by atoms with Gasteiger partial charge in [-0.25, -0.2) is 0 Å². The summed E-state index contributed by atoms with van der Waals surface area (Å²) < 4.78 is 0. The van der Waals surface area contributed by atoms with Crippen LogP contribution in [-0.4, -0.2) is 0 Å². The Balaban J connectivity index is 0. The summed E-state index contributed by atoms with van der Waals surface area (Å²) in [4.78, 5) is 0. The number of hydrogen-bond acceptors (Lipinski definition) is 1. The molecule has 0 aliphatic rings. The fourth-order valence-electron chi connectivity index (χ4n) is 0. The molecule has 0 nitrogen and oxygen atoms in total. The van der Waals surface area contributed by atoms with Crippen molar-refractivity contribution in [2.24, 2.45) is 0 Å². The van der Waals surface area contributed by atoms with Crippen LogP contribution in [0.5, 0.6) is 0 Å². The summed E-state index contributed by atoms with van der Waals surface area (Å²) in [6, 6.07) is 0. The molecule has 0 aliphatic heterocycles. The molecular weight excluding hydrogens is 163 g/mol. The van der Waals surface area contributed by atoms with Crippen molar-refractivity contribution in [3.63, 3.8) is 0 Å². The average Bonchev–Trinajstić information content (AvgIpc) is 1.50. The standard InChI is InChI=1S/ClH.S.2Ti/h1H;;;/q;;;+1/p-1. The Labute approximate surface area is 56.4 Å². The van der Waals surface area contributed by atoms with Crippen molar-refractivity contribution in [2.45, 2.75) is 0 Å². The molecule has 0 aliphatic carbocycles. The quantitative estimate of drug-likeness (QED) is 0.485. The minimum atomic E-state index is 1.47. The third-order valence-corrected chi connectivity index (χ3v) is 0. The van der Waals surface area contributed by atoms with Gasteiger partial charge in [0.1, 0.15) is 0 Å². The molecule has 0 saturated carbocycles. The van der Waals surface area contributed by atoms with Gasteiger partial charge in [0.15, 0.2) is 0 Å². The Hall–Kier alpha value is 1.94. The summed E-state index contributed by atoms with van der Waals surface area (Å²) in [5, 5.41) is 0. The molecule has 21 valence electrons. The van der Waals surface area contributed by atoms with Crippen LogP contribution in [0.4, 0.5) is 0 Å². The van der Waals surface area contributed by atoms with E-state index in [1.54, 1.807) is 18.6 Å². The van der Waals surface area contributed by atoms with E-state index in [2.05, 4.69) is 19.0 Å². The van der Waals surface area contributed by atoms with Gasteiger partial charge in [0.2, 0.25) is 0 Å². The second-order valence-corrected chi connectivity index (χ2v) is 0. The summed E-state index contributed by atoms with van der Waals surface area (Å²) >= 11 is 3.06. The molecule has 0 amide bonds. The Kier molecular flexibility index (Phi) is 47.6. The van der Waals surface area contributed by atoms with Gasteiger partial charge in [-0.15, -0.1) is 0 Å². The van der Waals surface area contributed by atoms with Crippen LogP contribution in [0.3, 0.4) is 0 Å². The van der Waals surface area contributed by atoms with Crippen molar-refractivity contribution in [3.05, 3.63) is 0 Å². The summed E-state index contributed by atoms with van der Waals surface area (Å²) in [6.07, 6.45) is 0.